The van der Waals surface area contributed by atoms with Gasteiger partial charge in [-0.25, -0.2) is 8.42 Å². The molecule has 1 N–H and O–H groups in total. The molecule has 19 heavy (non-hydrogen) atoms. The number of aliphatic carboxylic acids is 1. The van der Waals surface area contributed by atoms with Crippen molar-refractivity contribution in [1.82, 2.24) is 0 Å². The van der Waals surface area contributed by atoms with Gasteiger partial charge in [-0.15, -0.1) is 0 Å². The van der Waals surface area contributed by atoms with Crippen molar-refractivity contribution < 1.29 is 23.1 Å². The van der Waals surface area contributed by atoms with Gasteiger partial charge in [-0.05, 0) is 37.5 Å². The molecule has 0 saturated heterocycles. The van der Waals surface area contributed by atoms with E-state index in [1.807, 2.05) is 0 Å². The smallest absolute Gasteiger partial charge is 0.303 e. The van der Waals surface area contributed by atoms with Gasteiger partial charge >= 0.3 is 5.97 Å². The van der Waals surface area contributed by atoms with Crippen LogP contribution in [-0.2, 0) is 13.8 Å². The fraction of sp³-hybridized carbons (Fsp3) is 0.417. The average molecular weight is 307 g/mol. The summed E-state index contributed by atoms with van der Waals surface area (Å²) in [6.07, 6.45) is 1.07. The molecule has 0 aromatic heterocycles. The quantitative estimate of drug-likeness (QED) is 0.618. The zero-order chi connectivity index (χ0) is 14.5. The molecule has 0 fully saturated rings. The summed E-state index contributed by atoms with van der Waals surface area (Å²) in [5.74, 6) is -0.671. The van der Waals surface area contributed by atoms with E-state index in [1.165, 1.54) is 6.07 Å². The Morgan fingerprint density at radius 3 is 2.63 bits per heavy atom. The van der Waals surface area contributed by atoms with E-state index in [0.717, 1.165) is 5.56 Å². The van der Waals surface area contributed by atoms with Crippen molar-refractivity contribution in [3.05, 3.63) is 23.8 Å². The predicted octanol–water partition coefficient (Wildman–Crippen LogP) is 2.56. The van der Waals surface area contributed by atoms with Crippen molar-refractivity contribution in [2.24, 2.45) is 0 Å². The molecule has 1 rings (SSSR count). The zero-order valence-corrected chi connectivity index (χ0v) is 12.0. The summed E-state index contributed by atoms with van der Waals surface area (Å²) in [7, 11) is 1.47. The van der Waals surface area contributed by atoms with Gasteiger partial charge in [0.25, 0.3) is 9.05 Å². The van der Waals surface area contributed by atoms with Crippen LogP contribution in [0, 0.1) is 6.92 Å². The summed E-state index contributed by atoms with van der Waals surface area (Å²) < 4.78 is 28.1. The average Bonchev–Trinajstić information content (AvgIpc) is 2.28. The lowest BCUT2D eigenvalue weighted by molar-refractivity contribution is -0.137. The van der Waals surface area contributed by atoms with Gasteiger partial charge in [-0.3, -0.25) is 4.79 Å². The third kappa shape index (κ3) is 5.48. The highest BCUT2D eigenvalue weighted by Gasteiger charge is 2.17. The lowest BCUT2D eigenvalue weighted by Gasteiger charge is -2.10. The van der Waals surface area contributed by atoms with Crippen LogP contribution in [0.4, 0.5) is 0 Å². The fourth-order valence-electron chi connectivity index (χ4n) is 1.49. The lowest BCUT2D eigenvalue weighted by Crippen LogP contribution is -2.03. The molecule has 0 unspecified atom stereocenters. The van der Waals surface area contributed by atoms with E-state index in [0.29, 0.717) is 12.8 Å². The number of aryl methyl sites for hydroxylation is 1. The van der Waals surface area contributed by atoms with E-state index in [-0.39, 0.29) is 23.7 Å². The van der Waals surface area contributed by atoms with E-state index in [9.17, 15) is 13.2 Å². The van der Waals surface area contributed by atoms with Crippen LogP contribution in [0.5, 0.6) is 5.75 Å². The molecule has 7 heteroatoms. The number of benzene rings is 1. The van der Waals surface area contributed by atoms with E-state index in [4.69, 9.17) is 20.5 Å². The number of rotatable bonds is 7. The molecule has 1 aromatic carbocycles. The summed E-state index contributed by atoms with van der Waals surface area (Å²) in [4.78, 5) is 10.3. The molecule has 0 heterocycles. The summed E-state index contributed by atoms with van der Waals surface area (Å²) in [6.45, 7) is 2.00. The van der Waals surface area contributed by atoms with E-state index < -0.39 is 15.0 Å². The van der Waals surface area contributed by atoms with E-state index in [1.54, 1.807) is 19.1 Å². The molecule has 0 amide bonds. The molecule has 0 aliphatic carbocycles. The zero-order valence-electron chi connectivity index (χ0n) is 10.4. The topological polar surface area (TPSA) is 80.7 Å². The molecule has 0 radical (unpaired) electrons. The second-order valence-electron chi connectivity index (χ2n) is 4.09. The molecule has 0 aliphatic heterocycles. The Morgan fingerprint density at radius 1 is 1.37 bits per heavy atom. The molecule has 0 bridgehead atoms. The molecular formula is C12H15ClO5S. The minimum Gasteiger partial charge on any atom is -0.492 e. The Balaban J connectivity index is 2.66. The van der Waals surface area contributed by atoms with Gasteiger partial charge in [0.15, 0.2) is 0 Å². The first-order valence-corrected chi connectivity index (χ1v) is 8.01. The van der Waals surface area contributed by atoms with E-state index >= 15 is 0 Å². The van der Waals surface area contributed by atoms with Crippen LogP contribution in [0.1, 0.15) is 24.8 Å². The third-order valence-electron chi connectivity index (χ3n) is 2.40. The molecule has 106 valence electrons. The second kappa shape index (κ2) is 6.77. The summed E-state index contributed by atoms with van der Waals surface area (Å²) in [6, 6.07) is 4.70. The molecular weight excluding hydrogens is 292 g/mol. The number of carboxylic acid groups (broad SMARTS) is 1. The maximum atomic E-state index is 11.4. The number of hydrogen-bond donors (Lipinski definition) is 1. The number of carbonyl (C=O) groups is 1. The highest BCUT2D eigenvalue weighted by atomic mass is 35.7. The van der Waals surface area contributed by atoms with Gasteiger partial charge in [0, 0.05) is 17.1 Å². The molecule has 5 nitrogen and oxygen atoms in total. The van der Waals surface area contributed by atoms with Gasteiger partial charge in [0.1, 0.15) is 10.6 Å². The van der Waals surface area contributed by atoms with Crippen LogP contribution in [0.3, 0.4) is 0 Å². The summed E-state index contributed by atoms with van der Waals surface area (Å²) >= 11 is 0. The van der Waals surface area contributed by atoms with Gasteiger partial charge in [-0.2, -0.15) is 0 Å². The standard InChI is InChI=1S/C12H15ClO5S/c1-9-5-6-10(11(8-9)19(13,16)17)18-7-3-2-4-12(14)15/h5-6,8H,2-4,7H2,1H3,(H,14,15). The Hall–Kier alpha value is -1.27. The van der Waals surface area contributed by atoms with E-state index in [2.05, 4.69) is 0 Å². The second-order valence-corrected chi connectivity index (χ2v) is 6.62. The van der Waals surface area contributed by atoms with Crippen molar-refractivity contribution in [2.75, 3.05) is 6.61 Å². The summed E-state index contributed by atoms with van der Waals surface area (Å²) in [5.41, 5.74) is 0.762. The van der Waals surface area contributed by atoms with Gasteiger partial charge in [0.05, 0.1) is 6.61 Å². The van der Waals surface area contributed by atoms with Crippen LogP contribution in [0.25, 0.3) is 0 Å². The largest absolute Gasteiger partial charge is 0.492 e. The number of halogens is 1. The Morgan fingerprint density at radius 2 is 2.05 bits per heavy atom. The molecule has 0 aliphatic rings. The minimum absolute atomic E-state index is 0.0626. The maximum Gasteiger partial charge on any atom is 0.303 e. The Kier molecular flexibility index (Phi) is 5.62. The monoisotopic (exact) mass is 306 g/mol. The van der Waals surface area contributed by atoms with Crippen LogP contribution in [0.2, 0.25) is 0 Å². The molecule has 0 spiro atoms. The van der Waals surface area contributed by atoms with Crippen molar-refractivity contribution in [3.8, 4) is 5.75 Å². The van der Waals surface area contributed by atoms with Crippen LogP contribution < -0.4 is 4.74 Å². The normalized spacial score (nSPS) is 11.3. The third-order valence-corrected chi connectivity index (χ3v) is 3.75. The highest BCUT2D eigenvalue weighted by Crippen LogP contribution is 2.28. The number of carboxylic acids is 1. The Bertz CT molecular complexity index is 553. The first-order valence-electron chi connectivity index (χ1n) is 5.70. The van der Waals surface area contributed by atoms with Crippen LogP contribution >= 0.6 is 10.7 Å². The van der Waals surface area contributed by atoms with Gasteiger partial charge in [-0.1, -0.05) is 6.07 Å². The minimum atomic E-state index is -3.86. The van der Waals surface area contributed by atoms with Gasteiger partial charge in [0.2, 0.25) is 0 Å². The fourth-order valence-corrected chi connectivity index (χ4v) is 2.54. The van der Waals surface area contributed by atoms with Crippen molar-refractivity contribution >= 4 is 25.7 Å². The van der Waals surface area contributed by atoms with Crippen molar-refractivity contribution in [3.63, 3.8) is 0 Å². The van der Waals surface area contributed by atoms with Gasteiger partial charge < -0.3 is 9.84 Å². The maximum absolute atomic E-state index is 11.4. The highest BCUT2D eigenvalue weighted by molar-refractivity contribution is 8.13. The molecule has 0 saturated carbocycles. The van der Waals surface area contributed by atoms with Crippen LogP contribution in [0.15, 0.2) is 23.1 Å². The van der Waals surface area contributed by atoms with Crippen molar-refractivity contribution in [2.45, 2.75) is 31.1 Å². The number of hydrogen-bond acceptors (Lipinski definition) is 4. The predicted molar refractivity (Wildman–Crippen MR) is 71.2 cm³/mol. The lowest BCUT2D eigenvalue weighted by atomic mass is 10.2. The number of unbranched alkanes of at least 4 members (excludes halogenated alkanes) is 1. The first kappa shape index (κ1) is 15.8. The van der Waals surface area contributed by atoms with Crippen molar-refractivity contribution in [1.29, 1.82) is 0 Å². The SMILES string of the molecule is Cc1ccc(OCCCCC(=O)O)c(S(=O)(=O)Cl)c1. The van der Waals surface area contributed by atoms with Crippen LogP contribution in [-0.4, -0.2) is 26.1 Å². The molecule has 1 aromatic rings. The summed E-state index contributed by atoms with van der Waals surface area (Å²) in [5, 5.41) is 8.47. The first-order chi connectivity index (χ1) is 8.80. The Labute approximate surface area is 116 Å². The molecule has 0 atom stereocenters. The number of ether oxygens (including phenoxy) is 1.